The summed E-state index contributed by atoms with van der Waals surface area (Å²) in [6.07, 6.45) is 0.674. The number of rotatable bonds is 2. The molecule has 2 aromatic rings. The molecule has 72 valence electrons. The van der Waals surface area contributed by atoms with Crippen LogP contribution in [0.5, 0.6) is 5.75 Å². The van der Waals surface area contributed by atoms with Gasteiger partial charge in [-0.15, -0.1) is 0 Å². The van der Waals surface area contributed by atoms with E-state index in [1.54, 1.807) is 25.3 Å². The van der Waals surface area contributed by atoms with E-state index in [0.29, 0.717) is 28.6 Å². The quantitative estimate of drug-likeness (QED) is 0.716. The second-order valence-electron chi connectivity index (χ2n) is 2.77. The second-order valence-corrected chi connectivity index (χ2v) is 3.11. The summed E-state index contributed by atoms with van der Waals surface area (Å²) >= 11 is 5.72. The third kappa shape index (κ3) is 1.26. The molecule has 0 saturated heterocycles. The van der Waals surface area contributed by atoms with Crippen molar-refractivity contribution in [3.05, 3.63) is 29.0 Å². The summed E-state index contributed by atoms with van der Waals surface area (Å²) in [5.41, 5.74) is 0.943. The number of methoxy groups -OCH3 is 1. The van der Waals surface area contributed by atoms with Crippen LogP contribution in [-0.4, -0.2) is 13.4 Å². The highest BCUT2D eigenvalue weighted by molar-refractivity contribution is 6.33. The third-order valence-corrected chi connectivity index (χ3v) is 2.29. The highest BCUT2D eigenvalue weighted by Crippen LogP contribution is 2.30. The molecule has 4 heteroatoms. The second kappa shape index (κ2) is 3.35. The number of carbonyl (C=O) groups is 1. The van der Waals surface area contributed by atoms with Gasteiger partial charge >= 0.3 is 0 Å². The Morgan fingerprint density at radius 3 is 2.93 bits per heavy atom. The lowest BCUT2D eigenvalue weighted by Crippen LogP contribution is -1.82. The summed E-state index contributed by atoms with van der Waals surface area (Å²) in [5, 5.41) is 0.785. The van der Waals surface area contributed by atoms with Gasteiger partial charge in [-0.2, -0.15) is 0 Å². The van der Waals surface area contributed by atoms with E-state index in [2.05, 4.69) is 0 Å². The minimum atomic E-state index is 0.114. The van der Waals surface area contributed by atoms with E-state index < -0.39 is 0 Å². The summed E-state index contributed by atoms with van der Waals surface area (Å²) in [6.45, 7) is 0. The molecule has 0 unspecified atom stereocenters. The lowest BCUT2D eigenvalue weighted by molar-refractivity contribution is 0.112. The van der Waals surface area contributed by atoms with Crippen LogP contribution < -0.4 is 4.74 Å². The zero-order valence-corrected chi connectivity index (χ0v) is 8.17. The number of hydrogen-bond donors (Lipinski definition) is 0. The standard InChI is InChI=1S/C10H7ClO3/c1-13-6-2-3-9-7(4-6)8(5-12)10(11)14-9/h2-5H,1H3. The van der Waals surface area contributed by atoms with Crippen molar-refractivity contribution in [2.75, 3.05) is 7.11 Å². The van der Waals surface area contributed by atoms with Crippen molar-refractivity contribution in [3.8, 4) is 5.75 Å². The molecule has 3 nitrogen and oxygen atoms in total. The summed E-state index contributed by atoms with van der Waals surface area (Å²) in [4.78, 5) is 10.7. The molecule has 0 amide bonds. The van der Waals surface area contributed by atoms with Crippen molar-refractivity contribution in [1.29, 1.82) is 0 Å². The molecule has 0 N–H and O–H groups in total. The lowest BCUT2D eigenvalue weighted by atomic mass is 10.2. The smallest absolute Gasteiger partial charge is 0.205 e. The Labute approximate surface area is 85.2 Å². The van der Waals surface area contributed by atoms with Crippen LogP contribution in [0.15, 0.2) is 22.6 Å². The van der Waals surface area contributed by atoms with Gasteiger partial charge in [-0.1, -0.05) is 0 Å². The first-order valence-corrected chi connectivity index (χ1v) is 4.35. The molecule has 0 saturated carbocycles. The highest BCUT2D eigenvalue weighted by atomic mass is 35.5. The molecule has 0 fully saturated rings. The Balaban J connectivity index is 2.77. The van der Waals surface area contributed by atoms with E-state index >= 15 is 0 Å². The van der Waals surface area contributed by atoms with E-state index in [4.69, 9.17) is 20.8 Å². The number of halogens is 1. The Bertz CT molecular complexity index is 487. The number of ether oxygens (including phenoxy) is 1. The van der Waals surface area contributed by atoms with Crippen molar-refractivity contribution in [3.63, 3.8) is 0 Å². The topological polar surface area (TPSA) is 39.4 Å². The summed E-state index contributed by atoms with van der Waals surface area (Å²) in [6, 6.07) is 5.18. The molecule has 0 aliphatic carbocycles. The van der Waals surface area contributed by atoms with Crippen molar-refractivity contribution in [2.45, 2.75) is 0 Å². The number of hydrogen-bond acceptors (Lipinski definition) is 3. The number of fused-ring (bicyclic) bond motifs is 1. The van der Waals surface area contributed by atoms with Gasteiger partial charge in [-0.05, 0) is 29.8 Å². The van der Waals surface area contributed by atoms with Gasteiger partial charge in [0.15, 0.2) is 6.29 Å². The molecule has 0 atom stereocenters. The monoisotopic (exact) mass is 210 g/mol. The van der Waals surface area contributed by atoms with Crippen LogP contribution in [0.4, 0.5) is 0 Å². The number of furan rings is 1. The van der Waals surface area contributed by atoms with Crippen LogP contribution in [0.25, 0.3) is 11.0 Å². The molecule has 0 aliphatic rings. The molecule has 1 heterocycles. The van der Waals surface area contributed by atoms with E-state index in [0.717, 1.165) is 0 Å². The maximum atomic E-state index is 10.7. The number of carbonyl (C=O) groups excluding carboxylic acids is 1. The van der Waals surface area contributed by atoms with Crippen LogP contribution in [0, 0.1) is 0 Å². The van der Waals surface area contributed by atoms with E-state index in [-0.39, 0.29) is 5.22 Å². The van der Waals surface area contributed by atoms with Crippen LogP contribution in [0.2, 0.25) is 5.22 Å². The minimum Gasteiger partial charge on any atom is -0.497 e. The van der Waals surface area contributed by atoms with E-state index in [9.17, 15) is 4.79 Å². The average molecular weight is 211 g/mol. The van der Waals surface area contributed by atoms with Gasteiger partial charge in [-0.3, -0.25) is 4.79 Å². The van der Waals surface area contributed by atoms with E-state index in [1.165, 1.54) is 0 Å². The van der Waals surface area contributed by atoms with Crippen LogP contribution in [-0.2, 0) is 0 Å². The minimum absolute atomic E-state index is 0.114. The zero-order chi connectivity index (χ0) is 10.1. The SMILES string of the molecule is COc1ccc2oc(Cl)c(C=O)c2c1. The van der Waals surface area contributed by atoms with Gasteiger partial charge in [0.25, 0.3) is 0 Å². The fourth-order valence-corrected chi connectivity index (χ4v) is 1.53. The average Bonchev–Trinajstić information content (AvgIpc) is 2.52. The maximum Gasteiger partial charge on any atom is 0.205 e. The van der Waals surface area contributed by atoms with Gasteiger partial charge in [0.2, 0.25) is 5.22 Å². The Hall–Kier alpha value is -1.48. The molecular weight excluding hydrogens is 204 g/mol. The molecule has 0 radical (unpaired) electrons. The number of aldehydes is 1. The molecule has 0 aliphatic heterocycles. The van der Waals surface area contributed by atoms with Crippen molar-refractivity contribution >= 4 is 28.9 Å². The number of benzene rings is 1. The molecule has 0 spiro atoms. The summed E-state index contributed by atoms with van der Waals surface area (Å²) in [7, 11) is 1.56. The predicted octanol–water partition coefficient (Wildman–Crippen LogP) is 2.91. The normalized spacial score (nSPS) is 10.4. The maximum absolute atomic E-state index is 10.7. The molecule has 1 aromatic carbocycles. The van der Waals surface area contributed by atoms with Crippen molar-refractivity contribution in [2.24, 2.45) is 0 Å². The molecular formula is C10H7ClO3. The Morgan fingerprint density at radius 2 is 2.29 bits per heavy atom. The fraction of sp³-hybridized carbons (Fsp3) is 0.100. The Morgan fingerprint density at radius 1 is 1.50 bits per heavy atom. The van der Waals surface area contributed by atoms with Gasteiger partial charge in [0.1, 0.15) is 11.3 Å². The highest BCUT2D eigenvalue weighted by Gasteiger charge is 2.11. The molecule has 0 bridgehead atoms. The zero-order valence-electron chi connectivity index (χ0n) is 7.41. The van der Waals surface area contributed by atoms with E-state index in [1.807, 2.05) is 0 Å². The fourth-order valence-electron chi connectivity index (χ4n) is 1.30. The van der Waals surface area contributed by atoms with Gasteiger partial charge < -0.3 is 9.15 Å². The molecule has 14 heavy (non-hydrogen) atoms. The summed E-state index contributed by atoms with van der Waals surface area (Å²) in [5.74, 6) is 0.665. The van der Waals surface area contributed by atoms with Gasteiger partial charge in [-0.25, -0.2) is 0 Å². The lowest BCUT2D eigenvalue weighted by Gasteiger charge is -1.97. The largest absolute Gasteiger partial charge is 0.497 e. The van der Waals surface area contributed by atoms with Gasteiger partial charge in [0.05, 0.1) is 12.7 Å². The Kier molecular flexibility index (Phi) is 2.17. The van der Waals surface area contributed by atoms with Crippen molar-refractivity contribution in [1.82, 2.24) is 0 Å². The first-order chi connectivity index (χ1) is 6.76. The predicted molar refractivity (Wildman–Crippen MR) is 53.2 cm³/mol. The summed E-state index contributed by atoms with van der Waals surface area (Å²) < 4.78 is 10.2. The molecule has 2 rings (SSSR count). The van der Waals surface area contributed by atoms with Crippen LogP contribution >= 0.6 is 11.6 Å². The van der Waals surface area contributed by atoms with Crippen LogP contribution in [0.3, 0.4) is 0 Å². The van der Waals surface area contributed by atoms with Crippen molar-refractivity contribution < 1.29 is 13.9 Å². The molecule has 1 aromatic heterocycles. The van der Waals surface area contributed by atoms with Gasteiger partial charge in [0, 0.05) is 5.39 Å². The van der Waals surface area contributed by atoms with Crippen LogP contribution in [0.1, 0.15) is 10.4 Å². The first kappa shape index (κ1) is 9.09. The third-order valence-electron chi connectivity index (χ3n) is 2.01. The first-order valence-electron chi connectivity index (χ1n) is 3.97.